The number of nitrogens with zero attached hydrogens (tertiary/aromatic N) is 1. The summed E-state index contributed by atoms with van der Waals surface area (Å²) < 4.78 is 64.2. The summed E-state index contributed by atoms with van der Waals surface area (Å²) in [5, 5.41) is 3.55. The van der Waals surface area contributed by atoms with Gasteiger partial charge in [-0.2, -0.15) is 13.2 Å². The highest BCUT2D eigenvalue weighted by Crippen LogP contribution is 2.32. The highest BCUT2D eigenvalue weighted by molar-refractivity contribution is 7.92. The number of benzene rings is 1. The average molecular weight is 448 g/mol. The molecule has 0 spiro atoms. The molecule has 0 amide bonds. The van der Waals surface area contributed by atoms with E-state index in [1.54, 1.807) is 0 Å². The first-order chi connectivity index (χ1) is 13.5. The Hall–Kier alpha value is -2.10. The van der Waals surface area contributed by atoms with Crippen LogP contribution in [-0.4, -0.2) is 26.5 Å². The van der Waals surface area contributed by atoms with E-state index in [9.17, 15) is 21.6 Å². The standard InChI is InChI=1S/C19H21ClF3N3O2S/c1-13(2)15-5-3-14(4-6-15)7-10-29(27,28)26-9-8-24-18-17(20)11-16(12-25-18)19(21,22)23/h3-7,10-13,26H,8-9H2,1-2H3,(H,24,25). The van der Waals surface area contributed by atoms with Gasteiger partial charge >= 0.3 is 6.18 Å². The fourth-order valence-corrected chi connectivity index (χ4v) is 3.36. The molecule has 10 heteroatoms. The SMILES string of the molecule is CC(C)c1ccc(C=CS(=O)(=O)NCCNc2ncc(C(F)(F)F)cc2Cl)cc1. The fraction of sp³-hybridized carbons (Fsp3) is 0.316. The molecule has 2 rings (SSSR count). The number of pyridine rings is 1. The lowest BCUT2D eigenvalue weighted by Gasteiger charge is -2.11. The lowest BCUT2D eigenvalue weighted by molar-refractivity contribution is -0.137. The summed E-state index contributed by atoms with van der Waals surface area (Å²) in [6.07, 6.45) is -2.40. The Morgan fingerprint density at radius 3 is 2.38 bits per heavy atom. The van der Waals surface area contributed by atoms with Gasteiger partial charge in [0.05, 0.1) is 10.6 Å². The van der Waals surface area contributed by atoms with Crippen molar-refractivity contribution in [2.24, 2.45) is 0 Å². The molecule has 0 fully saturated rings. The van der Waals surface area contributed by atoms with Crippen LogP contribution in [0.2, 0.25) is 5.02 Å². The first kappa shape index (κ1) is 23.2. The lowest BCUT2D eigenvalue weighted by Crippen LogP contribution is -2.27. The van der Waals surface area contributed by atoms with Gasteiger partial charge in [0.1, 0.15) is 5.82 Å². The largest absolute Gasteiger partial charge is 0.417 e. The molecule has 5 nitrogen and oxygen atoms in total. The van der Waals surface area contributed by atoms with Crippen molar-refractivity contribution in [1.82, 2.24) is 9.71 Å². The summed E-state index contributed by atoms with van der Waals surface area (Å²) in [5.41, 5.74) is 0.948. The second kappa shape index (κ2) is 9.60. The van der Waals surface area contributed by atoms with Gasteiger partial charge in [-0.15, -0.1) is 0 Å². The van der Waals surface area contributed by atoms with Crippen molar-refractivity contribution in [3.63, 3.8) is 0 Å². The van der Waals surface area contributed by atoms with Crippen LogP contribution in [0.25, 0.3) is 6.08 Å². The molecule has 0 aliphatic rings. The zero-order valence-electron chi connectivity index (χ0n) is 15.8. The summed E-state index contributed by atoms with van der Waals surface area (Å²) in [4.78, 5) is 3.62. The van der Waals surface area contributed by atoms with Crippen LogP contribution >= 0.6 is 11.6 Å². The number of alkyl halides is 3. The predicted octanol–water partition coefficient (Wildman–Crippen LogP) is 4.88. The predicted molar refractivity (Wildman–Crippen MR) is 109 cm³/mol. The Morgan fingerprint density at radius 1 is 1.17 bits per heavy atom. The van der Waals surface area contributed by atoms with E-state index in [-0.39, 0.29) is 23.9 Å². The monoisotopic (exact) mass is 447 g/mol. The molecule has 158 valence electrons. The van der Waals surface area contributed by atoms with Crippen molar-refractivity contribution in [3.8, 4) is 0 Å². The second-order valence-corrected chi connectivity index (χ2v) is 8.60. The van der Waals surface area contributed by atoms with E-state index in [1.165, 1.54) is 6.08 Å². The molecule has 1 aromatic carbocycles. The molecule has 0 unspecified atom stereocenters. The zero-order valence-corrected chi connectivity index (χ0v) is 17.4. The number of sulfonamides is 1. The van der Waals surface area contributed by atoms with Gasteiger partial charge in [0.25, 0.3) is 0 Å². The molecular weight excluding hydrogens is 427 g/mol. The highest BCUT2D eigenvalue weighted by Gasteiger charge is 2.31. The normalized spacial score (nSPS) is 12.7. The van der Waals surface area contributed by atoms with E-state index in [0.717, 1.165) is 22.6 Å². The summed E-state index contributed by atoms with van der Waals surface area (Å²) in [5.74, 6) is 0.429. The number of rotatable bonds is 8. The third kappa shape index (κ3) is 7.34. The molecule has 1 aromatic heterocycles. The van der Waals surface area contributed by atoms with Gasteiger partial charge < -0.3 is 5.32 Å². The molecular formula is C19H21ClF3N3O2S. The molecule has 0 aliphatic carbocycles. The number of halogens is 4. The second-order valence-electron chi connectivity index (χ2n) is 6.54. The number of anilines is 1. The first-order valence-electron chi connectivity index (χ1n) is 8.72. The van der Waals surface area contributed by atoms with Gasteiger partial charge in [-0.1, -0.05) is 49.7 Å². The van der Waals surface area contributed by atoms with Crippen molar-refractivity contribution >= 4 is 33.5 Å². The Kier molecular flexibility index (Phi) is 7.67. The maximum absolute atomic E-state index is 12.6. The number of nitrogens with one attached hydrogen (secondary N) is 2. The molecule has 0 aliphatic heterocycles. The maximum atomic E-state index is 12.6. The topological polar surface area (TPSA) is 71.1 Å². The van der Waals surface area contributed by atoms with Gasteiger partial charge in [-0.3, -0.25) is 0 Å². The van der Waals surface area contributed by atoms with Crippen LogP contribution in [-0.2, 0) is 16.2 Å². The summed E-state index contributed by atoms with van der Waals surface area (Å²) in [6.45, 7) is 4.23. The van der Waals surface area contributed by atoms with Crippen LogP contribution in [0.4, 0.5) is 19.0 Å². The Morgan fingerprint density at radius 2 is 1.83 bits per heavy atom. The third-order valence-electron chi connectivity index (χ3n) is 3.93. The Balaban J connectivity index is 1.86. The van der Waals surface area contributed by atoms with Gasteiger partial charge in [0, 0.05) is 24.7 Å². The van der Waals surface area contributed by atoms with Gasteiger partial charge in [0.15, 0.2) is 0 Å². The van der Waals surface area contributed by atoms with Crippen LogP contribution in [0.15, 0.2) is 41.9 Å². The molecule has 29 heavy (non-hydrogen) atoms. The minimum absolute atomic E-state index is 0.00199. The van der Waals surface area contributed by atoms with Crippen molar-refractivity contribution < 1.29 is 21.6 Å². The van der Waals surface area contributed by atoms with Crippen LogP contribution in [0.5, 0.6) is 0 Å². The van der Waals surface area contributed by atoms with E-state index >= 15 is 0 Å². The molecule has 1 heterocycles. The van der Waals surface area contributed by atoms with Crippen LogP contribution < -0.4 is 10.0 Å². The van der Waals surface area contributed by atoms with E-state index in [0.29, 0.717) is 12.1 Å². The summed E-state index contributed by atoms with van der Waals surface area (Å²) in [6, 6.07) is 8.31. The number of hydrogen-bond acceptors (Lipinski definition) is 4. The van der Waals surface area contributed by atoms with E-state index in [4.69, 9.17) is 11.6 Å². The van der Waals surface area contributed by atoms with Crippen LogP contribution in [0.1, 0.15) is 36.5 Å². The van der Waals surface area contributed by atoms with Crippen molar-refractivity contribution in [2.75, 3.05) is 18.4 Å². The van der Waals surface area contributed by atoms with Crippen molar-refractivity contribution in [3.05, 3.63) is 63.6 Å². The van der Waals surface area contributed by atoms with E-state index in [1.807, 2.05) is 24.3 Å². The van der Waals surface area contributed by atoms with E-state index < -0.39 is 21.8 Å². The average Bonchev–Trinajstić information content (AvgIpc) is 2.64. The molecule has 0 radical (unpaired) electrons. The Bertz CT molecular complexity index is 960. The number of aromatic nitrogens is 1. The lowest BCUT2D eigenvalue weighted by atomic mass is 10.0. The highest BCUT2D eigenvalue weighted by atomic mass is 35.5. The first-order valence-corrected chi connectivity index (χ1v) is 10.6. The minimum Gasteiger partial charge on any atom is -0.368 e. The van der Waals surface area contributed by atoms with Crippen LogP contribution in [0.3, 0.4) is 0 Å². The Labute approximate surface area is 173 Å². The molecule has 0 bridgehead atoms. The van der Waals surface area contributed by atoms with Crippen molar-refractivity contribution in [1.29, 1.82) is 0 Å². The molecule has 0 saturated carbocycles. The van der Waals surface area contributed by atoms with Crippen LogP contribution in [0, 0.1) is 0 Å². The van der Waals surface area contributed by atoms with Gasteiger partial charge in [-0.05, 0) is 29.2 Å². The minimum atomic E-state index is -4.54. The fourth-order valence-electron chi connectivity index (χ4n) is 2.31. The quantitative estimate of drug-likeness (QED) is 0.566. The molecule has 2 N–H and O–H groups in total. The summed E-state index contributed by atoms with van der Waals surface area (Å²) >= 11 is 5.78. The molecule has 2 aromatic rings. The molecule has 0 saturated heterocycles. The van der Waals surface area contributed by atoms with E-state index in [2.05, 4.69) is 28.9 Å². The van der Waals surface area contributed by atoms with Gasteiger partial charge in [0.2, 0.25) is 10.0 Å². The number of hydrogen-bond donors (Lipinski definition) is 2. The third-order valence-corrected chi connectivity index (χ3v) is 5.32. The summed E-state index contributed by atoms with van der Waals surface area (Å²) in [7, 11) is -3.67. The smallest absolute Gasteiger partial charge is 0.368 e. The van der Waals surface area contributed by atoms with Gasteiger partial charge in [-0.25, -0.2) is 18.1 Å². The van der Waals surface area contributed by atoms with Crippen molar-refractivity contribution in [2.45, 2.75) is 25.9 Å². The molecule has 0 atom stereocenters. The zero-order chi connectivity index (χ0) is 21.7. The maximum Gasteiger partial charge on any atom is 0.417 e.